The third kappa shape index (κ3) is 2.34. The molecule has 4 heteroatoms. The fraction of sp³-hybridized carbons (Fsp3) is 0.0769. The summed E-state index contributed by atoms with van der Waals surface area (Å²) in [6.45, 7) is 0. The molecule has 0 aromatic heterocycles. The van der Waals surface area contributed by atoms with Gasteiger partial charge >= 0.3 is 0 Å². The summed E-state index contributed by atoms with van der Waals surface area (Å²) in [5, 5.41) is 9.77. The van der Waals surface area contributed by atoms with Crippen LogP contribution in [0.25, 0.3) is 11.1 Å². The molecule has 0 radical (unpaired) electrons. The Kier molecular flexibility index (Phi) is 3.20. The molecular formula is C13H10ClFO2. The van der Waals surface area contributed by atoms with Gasteiger partial charge in [0.25, 0.3) is 0 Å². The molecule has 0 saturated heterocycles. The first-order chi connectivity index (χ1) is 8.11. The van der Waals surface area contributed by atoms with E-state index in [2.05, 4.69) is 0 Å². The van der Waals surface area contributed by atoms with Crippen LogP contribution in [0.3, 0.4) is 0 Å². The molecule has 0 fully saturated rings. The largest absolute Gasteiger partial charge is 0.507 e. The molecule has 88 valence electrons. The summed E-state index contributed by atoms with van der Waals surface area (Å²) in [7, 11) is 1.54. The number of ether oxygens (including phenoxy) is 1. The Morgan fingerprint density at radius 1 is 1.18 bits per heavy atom. The van der Waals surface area contributed by atoms with Crippen molar-refractivity contribution >= 4 is 11.6 Å². The summed E-state index contributed by atoms with van der Waals surface area (Å²) in [6, 6.07) is 9.10. The zero-order valence-corrected chi connectivity index (χ0v) is 9.83. The SMILES string of the molecule is COc1ccc(O)c(-c2ccc(F)c(Cl)c2)c1. The maximum atomic E-state index is 13.0. The number of halogens is 2. The minimum Gasteiger partial charge on any atom is -0.507 e. The zero-order valence-electron chi connectivity index (χ0n) is 9.08. The van der Waals surface area contributed by atoms with E-state index in [9.17, 15) is 9.50 Å². The van der Waals surface area contributed by atoms with Crippen molar-refractivity contribution in [3.63, 3.8) is 0 Å². The summed E-state index contributed by atoms with van der Waals surface area (Å²) in [5.74, 6) is 0.213. The third-order valence-corrected chi connectivity index (χ3v) is 2.72. The van der Waals surface area contributed by atoms with E-state index >= 15 is 0 Å². The second kappa shape index (κ2) is 4.63. The molecule has 0 saturated carbocycles. The van der Waals surface area contributed by atoms with E-state index in [4.69, 9.17) is 16.3 Å². The van der Waals surface area contributed by atoms with Crippen LogP contribution >= 0.6 is 11.6 Å². The number of methoxy groups -OCH3 is 1. The van der Waals surface area contributed by atoms with Gasteiger partial charge in [0.15, 0.2) is 0 Å². The van der Waals surface area contributed by atoms with Crippen LogP contribution < -0.4 is 4.74 Å². The summed E-state index contributed by atoms with van der Waals surface area (Å²) in [4.78, 5) is 0. The Hall–Kier alpha value is -1.74. The van der Waals surface area contributed by atoms with Gasteiger partial charge in [-0.2, -0.15) is 0 Å². The highest BCUT2D eigenvalue weighted by Crippen LogP contribution is 2.34. The second-order valence-corrected chi connectivity index (χ2v) is 3.92. The Labute approximate surface area is 103 Å². The van der Waals surface area contributed by atoms with Gasteiger partial charge in [0, 0.05) is 5.56 Å². The first-order valence-corrected chi connectivity index (χ1v) is 5.32. The average Bonchev–Trinajstić information content (AvgIpc) is 2.33. The predicted molar refractivity (Wildman–Crippen MR) is 65.1 cm³/mol. The van der Waals surface area contributed by atoms with E-state index in [-0.39, 0.29) is 10.8 Å². The van der Waals surface area contributed by atoms with Crippen LogP contribution in [-0.4, -0.2) is 12.2 Å². The van der Waals surface area contributed by atoms with Crippen LogP contribution in [0.4, 0.5) is 4.39 Å². The maximum Gasteiger partial charge on any atom is 0.141 e. The number of benzene rings is 2. The summed E-state index contributed by atoms with van der Waals surface area (Å²) < 4.78 is 18.1. The van der Waals surface area contributed by atoms with Crippen molar-refractivity contribution in [2.45, 2.75) is 0 Å². The second-order valence-electron chi connectivity index (χ2n) is 3.51. The van der Waals surface area contributed by atoms with Gasteiger partial charge in [-0.05, 0) is 35.9 Å². The number of aromatic hydroxyl groups is 1. The predicted octanol–water partition coefficient (Wildman–Crippen LogP) is 3.86. The lowest BCUT2D eigenvalue weighted by Gasteiger charge is -2.08. The van der Waals surface area contributed by atoms with Gasteiger partial charge in [-0.25, -0.2) is 4.39 Å². The third-order valence-electron chi connectivity index (χ3n) is 2.43. The minimum atomic E-state index is -0.488. The van der Waals surface area contributed by atoms with Crippen LogP contribution in [-0.2, 0) is 0 Å². The number of phenols is 1. The molecule has 1 N–H and O–H groups in total. The van der Waals surface area contributed by atoms with Gasteiger partial charge in [-0.3, -0.25) is 0 Å². The van der Waals surface area contributed by atoms with Gasteiger partial charge in [0.2, 0.25) is 0 Å². The Balaban J connectivity index is 2.55. The molecule has 2 nitrogen and oxygen atoms in total. The maximum absolute atomic E-state index is 13.0. The quantitative estimate of drug-likeness (QED) is 0.879. The Morgan fingerprint density at radius 2 is 1.94 bits per heavy atom. The van der Waals surface area contributed by atoms with Crippen LogP contribution in [0.2, 0.25) is 5.02 Å². The molecule has 2 rings (SSSR count). The molecule has 2 aromatic rings. The molecule has 0 unspecified atom stereocenters. The van der Waals surface area contributed by atoms with Gasteiger partial charge < -0.3 is 9.84 Å². The number of hydrogen-bond acceptors (Lipinski definition) is 2. The highest BCUT2D eigenvalue weighted by molar-refractivity contribution is 6.31. The average molecular weight is 253 g/mol. The van der Waals surface area contributed by atoms with Crippen molar-refractivity contribution in [2.24, 2.45) is 0 Å². The summed E-state index contributed by atoms with van der Waals surface area (Å²) in [5.41, 5.74) is 1.18. The van der Waals surface area contributed by atoms with Gasteiger partial charge in [-0.1, -0.05) is 17.7 Å². The first-order valence-electron chi connectivity index (χ1n) is 4.94. The van der Waals surface area contributed by atoms with E-state index in [1.54, 1.807) is 18.2 Å². The number of phenolic OH excluding ortho intramolecular Hbond substituents is 1. The zero-order chi connectivity index (χ0) is 12.4. The minimum absolute atomic E-state index is 0.0183. The summed E-state index contributed by atoms with van der Waals surface area (Å²) >= 11 is 5.70. The van der Waals surface area contributed by atoms with Crippen molar-refractivity contribution in [2.75, 3.05) is 7.11 Å². The molecule has 0 amide bonds. The number of hydrogen-bond donors (Lipinski definition) is 1. The smallest absolute Gasteiger partial charge is 0.141 e. The molecule has 0 spiro atoms. The highest BCUT2D eigenvalue weighted by atomic mass is 35.5. The lowest BCUT2D eigenvalue weighted by atomic mass is 10.0. The van der Waals surface area contributed by atoms with Crippen LogP contribution in [0.15, 0.2) is 36.4 Å². The van der Waals surface area contributed by atoms with E-state index in [0.717, 1.165) is 0 Å². The molecule has 2 aromatic carbocycles. The monoisotopic (exact) mass is 252 g/mol. The van der Waals surface area contributed by atoms with E-state index in [0.29, 0.717) is 16.9 Å². The molecule has 0 bridgehead atoms. The van der Waals surface area contributed by atoms with Gasteiger partial charge in [0.05, 0.1) is 12.1 Å². The lowest BCUT2D eigenvalue weighted by Crippen LogP contribution is -1.86. The van der Waals surface area contributed by atoms with Crippen LogP contribution in [0, 0.1) is 5.82 Å². The van der Waals surface area contributed by atoms with Crippen molar-refractivity contribution in [1.82, 2.24) is 0 Å². The van der Waals surface area contributed by atoms with Crippen molar-refractivity contribution in [3.05, 3.63) is 47.2 Å². The molecule has 0 aliphatic carbocycles. The van der Waals surface area contributed by atoms with E-state index < -0.39 is 5.82 Å². The van der Waals surface area contributed by atoms with Gasteiger partial charge in [-0.15, -0.1) is 0 Å². The van der Waals surface area contributed by atoms with Gasteiger partial charge in [0.1, 0.15) is 17.3 Å². The summed E-state index contributed by atoms with van der Waals surface area (Å²) in [6.07, 6.45) is 0. The number of rotatable bonds is 2. The lowest BCUT2D eigenvalue weighted by molar-refractivity contribution is 0.412. The molecule has 17 heavy (non-hydrogen) atoms. The highest BCUT2D eigenvalue weighted by Gasteiger charge is 2.08. The first kappa shape index (κ1) is 11.7. The fourth-order valence-electron chi connectivity index (χ4n) is 1.54. The van der Waals surface area contributed by atoms with Crippen molar-refractivity contribution < 1.29 is 14.2 Å². The van der Waals surface area contributed by atoms with Crippen molar-refractivity contribution in [1.29, 1.82) is 0 Å². The normalized spacial score (nSPS) is 10.3. The van der Waals surface area contributed by atoms with Crippen LogP contribution in [0.5, 0.6) is 11.5 Å². The molecule has 0 aliphatic heterocycles. The molecule has 0 aliphatic rings. The van der Waals surface area contributed by atoms with E-state index in [1.807, 2.05) is 0 Å². The molecule has 0 atom stereocenters. The van der Waals surface area contributed by atoms with Crippen molar-refractivity contribution in [3.8, 4) is 22.6 Å². The Morgan fingerprint density at radius 3 is 2.59 bits per heavy atom. The fourth-order valence-corrected chi connectivity index (χ4v) is 1.72. The van der Waals surface area contributed by atoms with Crippen LogP contribution in [0.1, 0.15) is 0 Å². The Bertz CT molecular complexity index is 555. The topological polar surface area (TPSA) is 29.5 Å². The molecular weight excluding hydrogens is 243 g/mol. The standard InChI is InChI=1S/C13H10ClFO2/c1-17-9-3-5-13(16)10(7-9)8-2-4-12(15)11(14)6-8/h2-7,16H,1H3. The van der Waals surface area contributed by atoms with E-state index in [1.165, 1.54) is 25.3 Å². The molecule has 0 heterocycles.